The topological polar surface area (TPSA) is 67.8 Å². The number of aryl methyl sites for hydroxylation is 1. The molecule has 0 saturated heterocycles. The summed E-state index contributed by atoms with van der Waals surface area (Å²) in [6.07, 6.45) is 5.06. The van der Waals surface area contributed by atoms with Crippen LogP contribution in [-0.2, 0) is 0 Å². The molecule has 1 saturated carbocycles. The molecule has 4 heteroatoms. The molecule has 1 aromatic carbocycles. The van der Waals surface area contributed by atoms with E-state index in [2.05, 4.69) is 12.1 Å². The standard InChI is InChI=1S/C15H22N2O2/c1-10-3-5-12(6-4-10)19-13-7-8-14(11(2)9-13)15(16)17-18/h7-10,12,18H,3-6H2,1-2H3,(H2,16,17). The van der Waals surface area contributed by atoms with Crippen molar-refractivity contribution in [2.75, 3.05) is 0 Å². The highest BCUT2D eigenvalue weighted by Gasteiger charge is 2.19. The van der Waals surface area contributed by atoms with Crippen LogP contribution in [0, 0.1) is 12.8 Å². The van der Waals surface area contributed by atoms with Gasteiger partial charge in [0.2, 0.25) is 0 Å². The third kappa shape index (κ3) is 3.40. The van der Waals surface area contributed by atoms with Crippen molar-refractivity contribution >= 4 is 5.84 Å². The summed E-state index contributed by atoms with van der Waals surface area (Å²) in [5, 5.41) is 11.7. The molecule has 0 atom stereocenters. The van der Waals surface area contributed by atoms with Crippen molar-refractivity contribution in [3.63, 3.8) is 0 Å². The van der Waals surface area contributed by atoms with E-state index in [1.807, 2.05) is 25.1 Å². The van der Waals surface area contributed by atoms with Gasteiger partial charge < -0.3 is 15.7 Å². The van der Waals surface area contributed by atoms with Crippen molar-refractivity contribution < 1.29 is 9.94 Å². The Morgan fingerprint density at radius 1 is 1.32 bits per heavy atom. The smallest absolute Gasteiger partial charge is 0.170 e. The summed E-state index contributed by atoms with van der Waals surface area (Å²) < 4.78 is 6.01. The number of hydrogen-bond acceptors (Lipinski definition) is 3. The number of rotatable bonds is 3. The molecule has 0 unspecified atom stereocenters. The number of amidine groups is 1. The van der Waals surface area contributed by atoms with Gasteiger partial charge in [0.25, 0.3) is 0 Å². The molecular weight excluding hydrogens is 240 g/mol. The minimum atomic E-state index is 0.135. The Labute approximate surface area is 114 Å². The number of oxime groups is 1. The fraction of sp³-hybridized carbons (Fsp3) is 0.533. The van der Waals surface area contributed by atoms with Crippen LogP contribution >= 0.6 is 0 Å². The Balaban J connectivity index is 2.04. The monoisotopic (exact) mass is 262 g/mol. The van der Waals surface area contributed by atoms with Gasteiger partial charge in [0, 0.05) is 5.56 Å². The second-order valence-electron chi connectivity index (χ2n) is 5.46. The van der Waals surface area contributed by atoms with Crippen LogP contribution in [0.2, 0.25) is 0 Å². The van der Waals surface area contributed by atoms with Gasteiger partial charge in [0.15, 0.2) is 5.84 Å². The van der Waals surface area contributed by atoms with E-state index >= 15 is 0 Å². The Morgan fingerprint density at radius 3 is 2.58 bits per heavy atom. The summed E-state index contributed by atoms with van der Waals surface area (Å²) >= 11 is 0. The van der Waals surface area contributed by atoms with Gasteiger partial charge in [-0.3, -0.25) is 0 Å². The first-order valence-corrected chi connectivity index (χ1v) is 6.85. The lowest BCUT2D eigenvalue weighted by Crippen LogP contribution is -2.23. The van der Waals surface area contributed by atoms with Crippen molar-refractivity contribution in [2.45, 2.75) is 45.6 Å². The maximum absolute atomic E-state index is 8.70. The van der Waals surface area contributed by atoms with Crippen molar-refractivity contribution in [3.8, 4) is 5.75 Å². The maximum Gasteiger partial charge on any atom is 0.170 e. The van der Waals surface area contributed by atoms with E-state index in [1.54, 1.807) is 0 Å². The zero-order valence-electron chi connectivity index (χ0n) is 11.6. The quantitative estimate of drug-likeness (QED) is 0.381. The van der Waals surface area contributed by atoms with Crippen LogP contribution in [0.15, 0.2) is 23.4 Å². The highest BCUT2D eigenvalue weighted by molar-refractivity contribution is 5.98. The number of nitrogens with zero attached hydrogens (tertiary/aromatic N) is 1. The van der Waals surface area contributed by atoms with Gasteiger partial charge in [0.1, 0.15) is 5.75 Å². The van der Waals surface area contributed by atoms with Gasteiger partial charge in [-0.15, -0.1) is 0 Å². The van der Waals surface area contributed by atoms with Crippen molar-refractivity contribution in [3.05, 3.63) is 29.3 Å². The lowest BCUT2D eigenvalue weighted by atomic mass is 9.89. The molecule has 4 nitrogen and oxygen atoms in total. The van der Waals surface area contributed by atoms with E-state index in [4.69, 9.17) is 15.7 Å². The third-order valence-electron chi connectivity index (χ3n) is 3.85. The molecule has 1 aliphatic rings. The molecule has 104 valence electrons. The fourth-order valence-corrected chi connectivity index (χ4v) is 2.59. The van der Waals surface area contributed by atoms with E-state index in [9.17, 15) is 0 Å². The van der Waals surface area contributed by atoms with Crippen LogP contribution in [0.25, 0.3) is 0 Å². The van der Waals surface area contributed by atoms with Crippen LogP contribution < -0.4 is 10.5 Å². The van der Waals surface area contributed by atoms with Gasteiger partial charge in [0.05, 0.1) is 6.10 Å². The maximum atomic E-state index is 8.70. The average Bonchev–Trinajstić information content (AvgIpc) is 2.41. The van der Waals surface area contributed by atoms with Gasteiger partial charge in [-0.25, -0.2) is 0 Å². The fourth-order valence-electron chi connectivity index (χ4n) is 2.59. The molecular formula is C15H22N2O2. The molecule has 19 heavy (non-hydrogen) atoms. The van der Waals surface area contributed by atoms with E-state index in [0.29, 0.717) is 6.10 Å². The zero-order valence-corrected chi connectivity index (χ0v) is 11.6. The van der Waals surface area contributed by atoms with Crippen LogP contribution in [0.3, 0.4) is 0 Å². The highest BCUT2D eigenvalue weighted by Crippen LogP contribution is 2.28. The van der Waals surface area contributed by atoms with E-state index < -0.39 is 0 Å². The van der Waals surface area contributed by atoms with Crippen molar-refractivity contribution in [1.29, 1.82) is 0 Å². The lowest BCUT2D eigenvalue weighted by molar-refractivity contribution is 0.135. The first-order valence-electron chi connectivity index (χ1n) is 6.85. The Morgan fingerprint density at radius 2 is 2.00 bits per heavy atom. The first-order chi connectivity index (χ1) is 9.10. The average molecular weight is 262 g/mol. The Bertz CT molecular complexity index is 463. The van der Waals surface area contributed by atoms with Crippen LogP contribution in [-0.4, -0.2) is 17.1 Å². The van der Waals surface area contributed by atoms with Crippen LogP contribution in [0.1, 0.15) is 43.7 Å². The van der Waals surface area contributed by atoms with Gasteiger partial charge >= 0.3 is 0 Å². The van der Waals surface area contributed by atoms with Crippen LogP contribution in [0.5, 0.6) is 5.75 Å². The summed E-state index contributed by atoms with van der Waals surface area (Å²) in [5.41, 5.74) is 7.30. The Hall–Kier alpha value is -1.71. The molecule has 1 aromatic rings. The van der Waals surface area contributed by atoms with Gasteiger partial charge in [-0.05, 0) is 62.3 Å². The molecule has 2 rings (SSSR count). The number of nitrogens with two attached hydrogens (primary N) is 1. The predicted molar refractivity (Wildman–Crippen MR) is 75.7 cm³/mol. The molecule has 0 radical (unpaired) electrons. The summed E-state index contributed by atoms with van der Waals surface area (Å²) in [6, 6.07) is 5.68. The lowest BCUT2D eigenvalue weighted by Gasteiger charge is -2.27. The van der Waals surface area contributed by atoms with Crippen molar-refractivity contribution in [1.82, 2.24) is 0 Å². The summed E-state index contributed by atoms with van der Waals surface area (Å²) in [7, 11) is 0. The molecule has 0 heterocycles. The SMILES string of the molecule is Cc1cc(OC2CCC(C)CC2)ccc1/C(N)=N/O. The summed E-state index contributed by atoms with van der Waals surface area (Å²) in [6.45, 7) is 4.23. The molecule has 1 aliphatic carbocycles. The molecule has 1 fully saturated rings. The summed E-state index contributed by atoms with van der Waals surface area (Å²) in [4.78, 5) is 0. The first kappa shape index (κ1) is 13.7. The van der Waals surface area contributed by atoms with E-state index in [1.165, 1.54) is 12.8 Å². The van der Waals surface area contributed by atoms with Gasteiger partial charge in [-0.1, -0.05) is 12.1 Å². The minimum absolute atomic E-state index is 0.135. The zero-order chi connectivity index (χ0) is 13.8. The third-order valence-corrected chi connectivity index (χ3v) is 3.85. The minimum Gasteiger partial charge on any atom is -0.490 e. The second-order valence-corrected chi connectivity index (χ2v) is 5.46. The molecule has 0 aromatic heterocycles. The van der Waals surface area contributed by atoms with Crippen molar-refractivity contribution in [2.24, 2.45) is 16.8 Å². The number of hydrogen-bond donors (Lipinski definition) is 2. The number of benzene rings is 1. The van der Waals surface area contributed by atoms with E-state index in [0.717, 1.165) is 35.6 Å². The molecule has 0 bridgehead atoms. The molecule has 0 aliphatic heterocycles. The highest BCUT2D eigenvalue weighted by atomic mass is 16.5. The number of ether oxygens (including phenoxy) is 1. The predicted octanol–water partition coefficient (Wildman–Crippen LogP) is 3.05. The molecule has 0 spiro atoms. The van der Waals surface area contributed by atoms with Crippen LogP contribution in [0.4, 0.5) is 0 Å². The summed E-state index contributed by atoms with van der Waals surface area (Å²) in [5.74, 6) is 1.83. The normalized spacial score (nSPS) is 24.2. The molecule has 0 amide bonds. The Kier molecular flexibility index (Phi) is 4.30. The largest absolute Gasteiger partial charge is 0.490 e. The van der Waals surface area contributed by atoms with E-state index in [-0.39, 0.29) is 5.84 Å². The van der Waals surface area contributed by atoms with Gasteiger partial charge in [-0.2, -0.15) is 0 Å². The second kappa shape index (κ2) is 5.95. The molecule has 3 N–H and O–H groups in total.